The van der Waals surface area contributed by atoms with E-state index in [1.807, 2.05) is 35.9 Å². The second-order valence-corrected chi connectivity index (χ2v) is 4.73. The van der Waals surface area contributed by atoms with Gasteiger partial charge < -0.3 is 10.3 Å². The molecule has 0 saturated carbocycles. The van der Waals surface area contributed by atoms with Crippen LogP contribution in [0.4, 0.5) is 5.69 Å². The van der Waals surface area contributed by atoms with Crippen molar-refractivity contribution in [2.45, 2.75) is 0 Å². The van der Waals surface area contributed by atoms with Gasteiger partial charge in [-0.2, -0.15) is 5.10 Å². The fourth-order valence-corrected chi connectivity index (χ4v) is 2.41. The number of aryl methyl sites for hydroxylation is 1. The van der Waals surface area contributed by atoms with Gasteiger partial charge in [0.2, 0.25) is 0 Å². The molecule has 0 aliphatic rings. The van der Waals surface area contributed by atoms with Gasteiger partial charge in [0.1, 0.15) is 5.52 Å². The molecule has 0 bridgehead atoms. The van der Waals surface area contributed by atoms with Crippen molar-refractivity contribution in [1.29, 1.82) is 0 Å². The molecule has 0 saturated heterocycles. The number of hydrogen-bond donors (Lipinski definition) is 1. The Kier molecular flexibility index (Phi) is 2.09. The molecular formula is C14H12N6. The first kappa shape index (κ1) is 11.0. The monoisotopic (exact) mass is 264 g/mol. The molecule has 0 radical (unpaired) electrons. The predicted molar refractivity (Wildman–Crippen MR) is 77.5 cm³/mol. The van der Waals surface area contributed by atoms with E-state index in [0.29, 0.717) is 11.5 Å². The van der Waals surface area contributed by atoms with Crippen LogP contribution in [0.5, 0.6) is 0 Å². The summed E-state index contributed by atoms with van der Waals surface area (Å²) in [6, 6.07) is 7.65. The highest BCUT2D eigenvalue weighted by atomic mass is 15.3. The number of nitrogens with zero attached hydrogens (tertiary/aromatic N) is 5. The first-order valence-corrected chi connectivity index (χ1v) is 6.24. The van der Waals surface area contributed by atoms with E-state index in [9.17, 15) is 0 Å². The molecule has 0 spiro atoms. The van der Waals surface area contributed by atoms with Crippen LogP contribution in [0, 0.1) is 0 Å². The molecule has 20 heavy (non-hydrogen) atoms. The summed E-state index contributed by atoms with van der Waals surface area (Å²) < 4.78 is 3.74. The first-order valence-electron chi connectivity index (χ1n) is 6.24. The zero-order valence-corrected chi connectivity index (χ0v) is 10.9. The van der Waals surface area contributed by atoms with E-state index in [-0.39, 0.29) is 0 Å². The number of fused-ring (bicyclic) bond motifs is 2. The largest absolute Gasteiger partial charge is 0.399 e. The van der Waals surface area contributed by atoms with Crippen LogP contribution >= 0.6 is 0 Å². The van der Waals surface area contributed by atoms with Gasteiger partial charge in [-0.05, 0) is 24.3 Å². The van der Waals surface area contributed by atoms with Gasteiger partial charge in [0.25, 0.3) is 0 Å². The molecule has 3 aromatic heterocycles. The van der Waals surface area contributed by atoms with Gasteiger partial charge in [0.05, 0.1) is 23.6 Å². The quantitative estimate of drug-likeness (QED) is 0.533. The number of rotatable bonds is 1. The number of imidazole rings is 1. The van der Waals surface area contributed by atoms with Gasteiger partial charge >= 0.3 is 0 Å². The molecule has 0 fully saturated rings. The third-order valence-electron chi connectivity index (χ3n) is 3.42. The Morgan fingerprint density at radius 2 is 2.00 bits per heavy atom. The molecule has 0 aliphatic carbocycles. The van der Waals surface area contributed by atoms with Crippen LogP contribution in [0.15, 0.2) is 43.0 Å². The van der Waals surface area contributed by atoms with Crippen molar-refractivity contribution in [3.63, 3.8) is 0 Å². The lowest BCUT2D eigenvalue weighted by Crippen LogP contribution is -2.01. The van der Waals surface area contributed by atoms with Gasteiger partial charge in [-0.1, -0.05) is 0 Å². The Balaban J connectivity index is 2.08. The van der Waals surface area contributed by atoms with Crippen molar-refractivity contribution in [3.05, 3.63) is 43.0 Å². The zero-order chi connectivity index (χ0) is 13.7. The van der Waals surface area contributed by atoms with Gasteiger partial charge in [0, 0.05) is 24.3 Å². The van der Waals surface area contributed by atoms with Crippen LogP contribution in [-0.4, -0.2) is 24.3 Å². The lowest BCUT2D eigenvalue weighted by Gasteiger charge is -2.04. The van der Waals surface area contributed by atoms with E-state index in [1.165, 1.54) is 0 Å². The maximum Gasteiger partial charge on any atom is 0.182 e. The number of pyridine rings is 1. The molecule has 6 nitrogen and oxygen atoms in total. The average Bonchev–Trinajstić information content (AvgIpc) is 3.03. The first-order chi connectivity index (χ1) is 9.74. The number of benzene rings is 1. The molecule has 2 N–H and O–H groups in total. The minimum atomic E-state index is 0.701. The van der Waals surface area contributed by atoms with E-state index in [1.54, 1.807) is 23.4 Å². The third kappa shape index (κ3) is 1.41. The smallest absolute Gasteiger partial charge is 0.182 e. The van der Waals surface area contributed by atoms with Crippen molar-refractivity contribution in [1.82, 2.24) is 24.3 Å². The van der Waals surface area contributed by atoms with Crippen molar-refractivity contribution >= 4 is 27.6 Å². The summed E-state index contributed by atoms with van der Waals surface area (Å²) in [7, 11) is 1.96. The van der Waals surface area contributed by atoms with E-state index in [0.717, 1.165) is 21.9 Å². The van der Waals surface area contributed by atoms with E-state index in [2.05, 4.69) is 15.1 Å². The lowest BCUT2D eigenvalue weighted by atomic mass is 10.2. The van der Waals surface area contributed by atoms with Crippen molar-refractivity contribution in [3.8, 4) is 5.82 Å². The molecule has 3 heterocycles. The molecule has 0 unspecified atom stereocenters. The fourth-order valence-electron chi connectivity index (χ4n) is 2.41. The summed E-state index contributed by atoms with van der Waals surface area (Å²) in [4.78, 5) is 8.84. The maximum atomic E-state index is 5.87. The van der Waals surface area contributed by atoms with Crippen LogP contribution in [0.2, 0.25) is 0 Å². The molecule has 1 aromatic carbocycles. The Hall–Kier alpha value is -2.89. The van der Waals surface area contributed by atoms with E-state index >= 15 is 0 Å². The maximum absolute atomic E-state index is 5.87. The highest BCUT2D eigenvalue weighted by molar-refractivity contribution is 5.87. The third-order valence-corrected chi connectivity index (χ3v) is 3.42. The summed E-state index contributed by atoms with van der Waals surface area (Å²) in [5, 5.41) is 5.44. The lowest BCUT2D eigenvalue weighted by molar-refractivity contribution is 0.881. The predicted octanol–water partition coefficient (Wildman–Crippen LogP) is 1.89. The van der Waals surface area contributed by atoms with Crippen LogP contribution in [0.25, 0.3) is 27.8 Å². The van der Waals surface area contributed by atoms with Crippen LogP contribution in [0.3, 0.4) is 0 Å². The molecule has 4 aromatic rings. The molecule has 0 aliphatic heterocycles. The molecule has 4 rings (SSSR count). The summed E-state index contributed by atoms with van der Waals surface area (Å²) in [6.45, 7) is 0. The summed E-state index contributed by atoms with van der Waals surface area (Å²) in [5.41, 5.74) is 9.33. The Labute approximate surface area is 114 Å². The molecular weight excluding hydrogens is 252 g/mol. The van der Waals surface area contributed by atoms with Gasteiger partial charge in [-0.15, -0.1) is 0 Å². The Morgan fingerprint density at radius 3 is 2.90 bits per heavy atom. The van der Waals surface area contributed by atoms with Crippen molar-refractivity contribution < 1.29 is 0 Å². The summed E-state index contributed by atoms with van der Waals surface area (Å²) in [6.07, 6.45) is 5.34. The zero-order valence-electron chi connectivity index (χ0n) is 10.9. The van der Waals surface area contributed by atoms with Crippen molar-refractivity contribution in [2.75, 3.05) is 5.73 Å². The van der Waals surface area contributed by atoms with Gasteiger partial charge in [-0.3, -0.25) is 0 Å². The van der Waals surface area contributed by atoms with Crippen LogP contribution in [0.1, 0.15) is 0 Å². The number of hydrogen-bond acceptors (Lipinski definition) is 4. The molecule has 6 heteroatoms. The standard InChI is InChI=1S/C14H12N6/c1-19-8-17-13-11(19)4-5-16-14(13)20-12-6-10(15)3-2-9(12)7-18-20/h2-8H,15H2,1H3. The Morgan fingerprint density at radius 1 is 1.10 bits per heavy atom. The second kappa shape index (κ2) is 3.80. The highest BCUT2D eigenvalue weighted by Crippen LogP contribution is 2.23. The van der Waals surface area contributed by atoms with E-state index in [4.69, 9.17) is 5.73 Å². The van der Waals surface area contributed by atoms with Gasteiger partial charge in [0.15, 0.2) is 5.82 Å². The average molecular weight is 264 g/mol. The van der Waals surface area contributed by atoms with Gasteiger partial charge in [-0.25, -0.2) is 14.6 Å². The topological polar surface area (TPSA) is 74.5 Å². The van der Waals surface area contributed by atoms with E-state index < -0.39 is 0 Å². The highest BCUT2D eigenvalue weighted by Gasteiger charge is 2.12. The second-order valence-electron chi connectivity index (χ2n) is 4.73. The number of nitrogens with two attached hydrogens (primary N) is 1. The molecule has 0 amide bonds. The molecule has 0 atom stereocenters. The molecule has 98 valence electrons. The minimum absolute atomic E-state index is 0.701. The van der Waals surface area contributed by atoms with Crippen LogP contribution < -0.4 is 5.73 Å². The Bertz CT molecular complexity index is 933. The SMILES string of the molecule is Cn1cnc2c(-n3ncc4ccc(N)cc43)nccc21. The fraction of sp³-hybridized carbons (Fsp3) is 0.0714. The normalized spacial score (nSPS) is 11.4. The number of aromatic nitrogens is 5. The minimum Gasteiger partial charge on any atom is -0.399 e. The van der Waals surface area contributed by atoms with Crippen LogP contribution in [-0.2, 0) is 7.05 Å². The number of nitrogen functional groups attached to an aromatic ring is 1. The summed E-state index contributed by atoms with van der Waals surface area (Å²) in [5.74, 6) is 0.712. The summed E-state index contributed by atoms with van der Waals surface area (Å²) >= 11 is 0. The van der Waals surface area contributed by atoms with Crippen molar-refractivity contribution in [2.24, 2.45) is 7.05 Å². The number of anilines is 1.